The van der Waals surface area contributed by atoms with Gasteiger partial charge in [-0.3, -0.25) is 24.2 Å². The van der Waals surface area contributed by atoms with E-state index >= 15 is 0 Å². The second kappa shape index (κ2) is 27.5. The fourth-order valence-corrected chi connectivity index (χ4v) is 1.72. The Bertz CT molecular complexity index is 649. The summed E-state index contributed by atoms with van der Waals surface area (Å²) in [5.74, 6) is -4.13. The molecule has 0 rings (SSSR count). The molecule has 18 N–H and O–H groups in total. The molecule has 17 heteroatoms. The summed E-state index contributed by atoms with van der Waals surface area (Å²) >= 11 is 0. The first-order valence-electron chi connectivity index (χ1n) is 11.3. The van der Waals surface area contributed by atoms with Crippen molar-refractivity contribution < 1.29 is 49.8 Å². The van der Waals surface area contributed by atoms with Crippen LogP contribution in [-0.2, 0) is 19.2 Å². The highest BCUT2D eigenvalue weighted by molar-refractivity contribution is 5.75. The van der Waals surface area contributed by atoms with Gasteiger partial charge < -0.3 is 65.0 Å². The second-order valence-electron chi connectivity index (χ2n) is 7.42. The molecule has 220 valence electrons. The van der Waals surface area contributed by atoms with Crippen LogP contribution < -0.4 is 34.4 Å². The van der Waals surface area contributed by atoms with Crippen LogP contribution in [0.3, 0.4) is 0 Å². The van der Waals surface area contributed by atoms with E-state index in [0.29, 0.717) is 25.8 Å². The molecule has 17 nitrogen and oxygen atoms in total. The first-order chi connectivity index (χ1) is 17.1. The second-order valence-corrected chi connectivity index (χ2v) is 7.42. The molecule has 0 aliphatic carbocycles. The minimum Gasteiger partial charge on any atom is -0.480 e. The highest BCUT2D eigenvalue weighted by Crippen LogP contribution is 2.01. The molecule has 0 aromatic heterocycles. The average molecular weight is 544 g/mol. The molecule has 0 radical (unpaired) electrons. The number of aliphatic hydroxyl groups is 2. The maximum absolute atomic E-state index is 10.2. The van der Waals surface area contributed by atoms with Gasteiger partial charge in [0.15, 0.2) is 5.96 Å². The maximum atomic E-state index is 10.2. The summed E-state index contributed by atoms with van der Waals surface area (Å²) in [6.45, 7) is 1.82. The van der Waals surface area contributed by atoms with Gasteiger partial charge in [-0.1, -0.05) is 26.2 Å². The Balaban J connectivity index is -0.000000200. The summed E-state index contributed by atoms with van der Waals surface area (Å²) in [5.41, 5.74) is 30.3. The molecular weight excluding hydrogens is 498 g/mol. The van der Waals surface area contributed by atoms with Gasteiger partial charge in [0.2, 0.25) is 0 Å². The molecule has 0 fully saturated rings. The number of guanidine groups is 1. The van der Waals surface area contributed by atoms with Crippen molar-refractivity contribution in [1.29, 1.82) is 0 Å². The highest BCUT2D eigenvalue weighted by atomic mass is 16.4. The molecule has 0 saturated carbocycles. The number of unbranched alkanes of at least 4 members (excludes halogenated alkanes) is 2. The summed E-state index contributed by atoms with van der Waals surface area (Å²) in [6.07, 6.45) is 4.77. The van der Waals surface area contributed by atoms with Crippen molar-refractivity contribution in [2.24, 2.45) is 39.4 Å². The van der Waals surface area contributed by atoms with E-state index in [4.69, 9.17) is 65.0 Å². The number of aliphatic carboxylic acids is 4. The normalized spacial score (nSPS) is 12.8. The number of carboxylic acid groups (broad SMARTS) is 4. The van der Waals surface area contributed by atoms with Crippen molar-refractivity contribution in [1.82, 2.24) is 0 Å². The molecule has 0 saturated heterocycles. The fourth-order valence-electron chi connectivity index (χ4n) is 1.72. The van der Waals surface area contributed by atoms with Crippen molar-refractivity contribution in [3.63, 3.8) is 0 Å². The Morgan fingerprint density at radius 1 is 0.649 bits per heavy atom. The lowest BCUT2D eigenvalue weighted by atomic mass is 10.1. The number of aliphatic hydroxyl groups excluding tert-OH is 2. The van der Waals surface area contributed by atoms with E-state index in [0.717, 1.165) is 19.3 Å². The third kappa shape index (κ3) is 35.1. The predicted octanol–water partition coefficient (Wildman–Crippen LogP) is -3.40. The lowest BCUT2D eigenvalue weighted by Crippen LogP contribution is -2.33. The number of carboxylic acids is 4. The Hall–Kier alpha value is -3.09. The smallest absolute Gasteiger partial charge is 0.322 e. The largest absolute Gasteiger partial charge is 0.480 e. The lowest BCUT2D eigenvalue weighted by Gasteiger charge is -2.03. The van der Waals surface area contributed by atoms with Gasteiger partial charge in [-0.2, -0.15) is 0 Å². The topological polar surface area (TPSA) is 358 Å². The van der Waals surface area contributed by atoms with E-state index in [2.05, 4.69) is 11.9 Å². The standard InChI is InChI=1S/C7H15NO2.C6H14N4O2.C4H9NO3.C3H7NO3/c1-2-3-4-5-6(8)7(9)10;7-4(5(11)12)2-1-3-10-6(8)9;5-3(1-2-6)4(7)8;4-2(1-5)3(6)7/h6H,2-5,8H2,1H3,(H,9,10);4H,1-3,7H2,(H,11,12)(H4,8,9,10);3,6H,1-2,5H2,(H,7,8);2,5H,1,4H2,(H,6,7)/t6-;4-;3-;2-/m0001/s1. The van der Waals surface area contributed by atoms with Crippen LogP contribution in [0.1, 0.15) is 51.9 Å². The summed E-state index contributed by atoms with van der Waals surface area (Å²) < 4.78 is 0. The van der Waals surface area contributed by atoms with E-state index in [-0.39, 0.29) is 19.0 Å². The van der Waals surface area contributed by atoms with Crippen LogP contribution in [0.5, 0.6) is 0 Å². The Morgan fingerprint density at radius 2 is 1.03 bits per heavy atom. The van der Waals surface area contributed by atoms with Crippen LogP contribution in [0.25, 0.3) is 0 Å². The van der Waals surface area contributed by atoms with Crippen LogP contribution in [0.15, 0.2) is 4.99 Å². The van der Waals surface area contributed by atoms with Gasteiger partial charge in [0.1, 0.15) is 24.2 Å². The van der Waals surface area contributed by atoms with E-state index < -0.39 is 54.7 Å². The van der Waals surface area contributed by atoms with Gasteiger partial charge in [-0.25, -0.2) is 0 Å². The van der Waals surface area contributed by atoms with Crippen LogP contribution in [-0.4, -0.2) is 104 Å². The number of nitrogens with two attached hydrogens (primary N) is 6. The molecule has 0 aromatic rings. The summed E-state index contributed by atoms with van der Waals surface area (Å²) in [5, 5.41) is 48.9. The number of nitrogens with zero attached hydrogens (tertiary/aromatic N) is 1. The van der Waals surface area contributed by atoms with Crippen LogP contribution >= 0.6 is 0 Å². The molecule has 0 aliphatic rings. The van der Waals surface area contributed by atoms with E-state index in [1.807, 2.05) is 0 Å². The van der Waals surface area contributed by atoms with Gasteiger partial charge in [-0.15, -0.1) is 0 Å². The molecule has 4 atom stereocenters. The minimum atomic E-state index is -1.18. The van der Waals surface area contributed by atoms with E-state index in [1.165, 1.54) is 0 Å². The molecular formula is C20H45N7O10. The SMILES string of the molecule is CCCCC[C@H](N)C(=O)O.NC(N)=NCCC[C@H](N)C(=O)O.N[C@@H](CCO)C(=O)O.N[C@H](CO)C(=O)O. The Labute approximate surface area is 215 Å². The quantitative estimate of drug-likeness (QED) is 0.0543. The monoisotopic (exact) mass is 543 g/mol. The molecule has 0 aliphatic heterocycles. The van der Waals surface area contributed by atoms with Crippen molar-refractivity contribution in [3.8, 4) is 0 Å². The molecule has 0 bridgehead atoms. The number of rotatable bonds is 15. The number of hydrogen-bond acceptors (Lipinski definition) is 11. The minimum absolute atomic E-state index is 0.0129. The molecule has 0 amide bonds. The van der Waals surface area contributed by atoms with Crippen molar-refractivity contribution in [3.05, 3.63) is 0 Å². The Morgan fingerprint density at radius 3 is 1.27 bits per heavy atom. The van der Waals surface area contributed by atoms with Gasteiger partial charge in [-0.05, 0) is 25.7 Å². The van der Waals surface area contributed by atoms with Gasteiger partial charge >= 0.3 is 23.9 Å². The molecule has 0 aromatic carbocycles. The molecule has 0 unspecified atom stereocenters. The van der Waals surface area contributed by atoms with Gasteiger partial charge in [0, 0.05) is 13.2 Å². The first kappa shape index (κ1) is 41.1. The fraction of sp³-hybridized carbons (Fsp3) is 0.750. The zero-order chi connectivity index (χ0) is 30.0. The van der Waals surface area contributed by atoms with Crippen LogP contribution in [0.4, 0.5) is 0 Å². The number of aliphatic imine (C=N–C) groups is 1. The molecule has 37 heavy (non-hydrogen) atoms. The lowest BCUT2D eigenvalue weighted by molar-refractivity contribution is -0.140. The first-order valence-corrected chi connectivity index (χ1v) is 11.3. The van der Waals surface area contributed by atoms with Gasteiger partial charge in [0.25, 0.3) is 0 Å². The number of carbonyl (C=O) groups is 4. The van der Waals surface area contributed by atoms with Crippen LogP contribution in [0, 0.1) is 0 Å². The number of hydrogen-bond donors (Lipinski definition) is 12. The van der Waals surface area contributed by atoms with Crippen LogP contribution in [0.2, 0.25) is 0 Å². The molecule has 0 spiro atoms. The average Bonchev–Trinajstić information content (AvgIpc) is 2.82. The third-order valence-corrected chi connectivity index (χ3v) is 3.99. The highest BCUT2D eigenvalue weighted by Gasteiger charge is 2.10. The summed E-state index contributed by atoms with van der Waals surface area (Å²) in [4.78, 5) is 43.6. The van der Waals surface area contributed by atoms with Crippen molar-refractivity contribution in [2.75, 3.05) is 19.8 Å². The van der Waals surface area contributed by atoms with E-state index in [9.17, 15) is 19.2 Å². The van der Waals surface area contributed by atoms with Crippen molar-refractivity contribution >= 4 is 29.8 Å². The third-order valence-electron chi connectivity index (χ3n) is 3.99. The zero-order valence-electron chi connectivity index (χ0n) is 21.1. The maximum Gasteiger partial charge on any atom is 0.322 e. The summed E-state index contributed by atoms with van der Waals surface area (Å²) in [6, 6.07) is -3.52. The summed E-state index contributed by atoms with van der Waals surface area (Å²) in [7, 11) is 0. The van der Waals surface area contributed by atoms with E-state index in [1.54, 1.807) is 0 Å². The molecule has 0 heterocycles. The predicted molar refractivity (Wildman–Crippen MR) is 135 cm³/mol. The van der Waals surface area contributed by atoms with Crippen molar-refractivity contribution in [2.45, 2.75) is 76.0 Å². The Kier molecular flexibility index (Phi) is 30.5. The zero-order valence-corrected chi connectivity index (χ0v) is 21.1. The van der Waals surface area contributed by atoms with Gasteiger partial charge in [0.05, 0.1) is 6.61 Å².